The highest BCUT2D eigenvalue weighted by Crippen LogP contribution is 2.47. The molecule has 0 radical (unpaired) electrons. The number of benzene rings is 7. The molecule has 5 heterocycles. The third-order valence-electron chi connectivity index (χ3n) is 10.3. The molecule has 6 heteroatoms. The second-order valence-electron chi connectivity index (χ2n) is 13.0. The van der Waals surface area contributed by atoms with E-state index in [2.05, 4.69) is 112 Å². The summed E-state index contributed by atoms with van der Waals surface area (Å²) in [7, 11) is 0. The van der Waals surface area contributed by atoms with Crippen LogP contribution in [0.5, 0.6) is 11.5 Å². The molecule has 4 aromatic heterocycles. The molecule has 0 fully saturated rings. The zero-order valence-corrected chi connectivity index (χ0v) is 26.5. The van der Waals surface area contributed by atoms with E-state index in [4.69, 9.17) is 19.1 Å². The summed E-state index contributed by atoms with van der Waals surface area (Å²) in [5.41, 5.74) is 9.75. The van der Waals surface area contributed by atoms with Gasteiger partial charge in [0.05, 0.1) is 38.7 Å². The highest BCUT2D eigenvalue weighted by atomic mass is 16.5. The number of ether oxygens (including phenoxy) is 1. The number of fused-ring (bicyclic) bond motifs is 12. The van der Waals surface area contributed by atoms with Gasteiger partial charge in [-0.25, -0.2) is 9.97 Å². The molecule has 0 N–H and O–H groups in total. The Labute approximate surface area is 284 Å². The summed E-state index contributed by atoms with van der Waals surface area (Å²) in [4.78, 5) is 10.7. The van der Waals surface area contributed by atoms with Crippen molar-refractivity contribution >= 4 is 76.5 Å². The molecule has 0 saturated carbocycles. The Balaban J connectivity index is 1.29. The van der Waals surface area contributed by atoms with E-state index >= 15 is 0 Å². The average molecular weight is 641 g/mol. The SMILES string of the molecule is c1ccc(-n2c3cc4oc5ccccc5c4cc3c3ccc4c5ccccc5n(-c5nc6c7c(cccc7n5)Oc5ccccc5-6)c4c32)cc1. The standard InChI is InChI=1S/C44H24N4O2/c1-2-11-25(12-3-1)47-35-24-39-32(27-14-5-8-18-36(27)50-39)23-31(35)29-22-21-28-26-13-4-7-17-34(26)48(43(28)42(29)47)44-45-33-16-10-20-38-40(33)41(46-44)30-15-6-9-19-37(30)49-38/h1-24H. The maximum atomic E-state index is 6.44. The van der Waals surface area contributed by atoms with Crippen LogP contribution >= 0.6 is 0 Å². The molecule has 0 spiro atoms. The maximum Gasteiger partial charge on any atom is 0.235 e. The van der Waals surface area contributed by atoms with Gasteiger partial charge in [0.25, 0.3) is 0 Å². The van der Waals surface area contributed by atoms with Gasteiger partial charge >= 0.3 is 0 Å². The van der Waals surface area contributed by atoms with E-state index in [0.29, 0.717) is 5.95 Å². The molecule has 12 rings (SSSR count). The van der Waals surface area contributed by atoms with Crippen molar-refractivity contribution in [2.24, 2.45) is 0 Å². The molecule has 7 aromatic carbocycles. The molecule has 0 saturated heterocycles. The van der Waals surface area contributed by atoms with E-state index in [9.17, 15) is 0 Å². The van der Waals surface area contributed by atoms with E-state index in [1.807, 2.05) is 42.5 Å². The predicted octanol–water partition coefficient (Wildman–Crippen LogP) is 11.5. The Kier molecular flexibility index (Phi) is 4.89. The minimum atomic E-state index is 0.615. The number of aromatic nitrogens is 4. The molecule has 0 atom stereocenters. The fourth-order valence-electron chi connectivity index (χ4n) is 8.21. The lowest BCUT2D eigenvalue weighted by molar-refractivity contribution is 0.486. The molecule has 11 aromatic rings. The summed E-state index contributed by atoms with van der Waals surface area (Å²) in [5, 5.41) is 7.73. The van der Waals surface area contributed by atoms with Gasteiger partial charge in [0.2, 0.25) is 5.95 Å². The molecule has 1 aliphatic rings. The highest BCUT2D eigenvalue weighted by Gasteiger charge is 2.27. The molecule has 0 unspecified atom stereocenters. The Morgan fingerprint density at radius 2 is 1.20 bits per heavy atom. The molecular weight excluding hydrogens is 617 g/mol. The van der Waals surface area contributed by atoms with Crippen LogP contribution < -0.4 is 4.74 Å². The van der Waals surface area contributed by atoms with Gasteiger partial charge in [-0.3, -0.25) is 4.57 Å². The van der Waals surface area contributed by atoms with Crippen LogP contribution in [0, 0.1) is 0 Å². The zero-order valence-electron chi connectivity index (χ0n) is 26.5. The summed E-state index contributed by atoms with van der Waals surface area (Å²) in [6, 6.07) is 50.6. The van der Waals surface area contributed by atoms with Gasteiger partial charge in [0.15, 0.2) is 0 Å². The largest absolute Gasteiger partial charge is 0.456 e. The third-order valence-corrected chi connectivity index (χ3v) is 10.3. The smallest absolute Gasteiger partial charge is 0.235 e. The fraction of sp³-hybridized carbons (Fsp3) is 0. The lowest BCUT2D eigenvalue weighted by atomic mass is 10.0. The fourth-order valence-corrected chi connectivity index (χ4v) is 8.21. The predicted molar refractivity (Wildman–Crippen MR) is 201 cm³/mol. The first kappa shape index (κ1) is 26.1. The number of rotatable bonds is 2. The van der Waals surface area contributed by atoms with Crippen LogP contribution in [-0.4, -0.2) is 19.1 Å². The monoisotopic (exact) mass is 640 g/mol. The van der Waals surface area contributed by atoms with Gasteiger partial charge < -0.3 is 13.7 Å². The molecular formula is C44H24N4O2. The lowest BCUT2D eigenvalue weighted by Crippen LogP contribution is -2.07. The van der Waals surface area contributed by atoms with E-state index in [0.717, 1.165) is 105 Å². The van der Waals surface area contributed by atoms with Gasteiger partial charge in [-0.15, -0.1) is 0 Å². The van der Waals surface area contributed by atoms with Crippen LogP contribution in [0.3, 0.4) is 0 Å². The second kappa shape index (κ2) is 9.36. The number of nitrogens with zero attached hydrogens (tertiary/aromatic N) is 4. The van der Waals surface area contributed by atoms with E-state index in [1.165, 1.54) is 0 Å². The van der Waals surface area contributed by atoms with Gasteiger partial charge in [0.1, 0.15) is 22.7 Å². The first-order valence-corrected chi connectivity index (χ1v) is 16.8. The molecule has 6 nitrogen and oxygen atoms in total. The molecule has 232 valence electrons. The number of para-hydroxylation sites is 4. The number of hydrogen-bond acceptors (Lipinski definition) is 4. The number of furan rings is 1. The quantitative estimate of drug-likeness (QED) is 0.189. The molecule has 0 amide bonds. The van der Waals surface area contributed by atoms with Crippen molar-refractivity contribution in [1.29, 1.82) is 0 Å². The van der Waals surface area contributed by atoms with Gasteiger partial charge in [-0.05, 0) is 54.6 Å². The van der Waals surface area contributed by atoms with Gasteiger partial charge in [0, 0.05) is 49.6 Å². The molecule has 50 heavy (non-hydrogen) atoms. The van der Waals surface area contributed by atoms with Crippen LogP contribution in [0.1, 0.15) is 0 Å². The maximum absolute atomic E-state index is 6.44. The van der Waals surface area contributed by atoms with E-state index in [1.54, 1.807) is 0 Å². The summed E-state index contributed by atoms with van der Waals surface area (Å²) in [6.07, 6.45) is 0. The third kappa shape index (κ3) is 3.32. The Morgan fingerprint density at radius 3 is 2.12 bits per heavy atom. The second-order valence-corrected chi connectivity index (χ2v) is 13.0. The summed E-state index contributed by atoms with van der Waals surface area (Å²) in [6.45, 7) is 0. The molecule has 1 aliphatic heterocycles. The minimum absolute atomic E-state index is 0.615. The average Bonchev–Trinajstić information content (AvgIpc) is 3.81. The minimum Gasteiger partial charge on any atom is -0.456 e. The van der Waals surface area contributed by atoms with Gasteiger partial charge in [-0.1, -0.05) is 84.9 Å². The van der Waals surface area contributed by atoms with E-state index < -0.39 is 0 Å². The van der Waals surface area contributed by atoms with Crippen molar-refractivity contribution in [1.82, 2.24) is 19.1 Å². The van der Waals surface area contributed by atoms with Crippen molar-refractivity contribution in [3.63, 3.8) is 0 Å². The lowest BCUT2D eigenvalue weighted by Gasteiger charge is -2.21. The highest BCUT2D eigenvalue weighted by molar-refractivity contribution is 6.25. The summed E-state index contributed by atoms with van der Waals surface area (Å²) in [5.74, 6) is 2.18. The Morgan fingerprint density at radius 1 is 0.460 bits per heavy atom. The molecule has 0 aliphatic carbocycles. The van der Waals surface area contributed by atoms with Crippen molar-refractivity contribution < 1.29 is 9.15 Å². The van der Waals surface area contributed by atoms with Crippen molar-refractivity contribution in [3.8, 4) is 34.4 Å². The topological polar surface area (TPSA) is 58.0 Å². The Bertz CT molecular complexity index is 3240. The van der Waals surface area contributed by atoms with Crippen molar-refractivity contribution in [2.45, 2.75) is 0 Å². The first-order chi connectivity index (χ1) is 24.8. The number of hydrogen-bond donors (Lipinski definition) is 0. The summed E-state index contributed by atoms with van der Waals surface area (Å²) < 4.78 is 17.4. The van der Waals surface area contributed by atoms with Crippen LogP contribution in [0.15, 0.2) is 150 Å². The van der Waals surface area contributed by atoms with Crippen molar-refractivity contribution in [3.05, 3.63) is 146 Å². The molecule has 0 bridgehead atoms. The van der Waals surface area contributed by atoms with Crippen LogP contribution in [-0.2, 0) is 0 Å². The summed E-state index contributed by atoms with van der Waals surface area (Å²) >= 11 is 0. The zero-order chi connectivity index (χ0) is 32.5. The van der Waals surface area contributed by atoms with Crippen LogP contribution in [0.4, 0.5) is 0 Å². The normalized spacial score (nSPS) is 12.6. The van der Waals surface area contributed by atoms with Crippen LogP contribution in [0.2, 0.25) is 0 Å². The van der Waals surface area contributed by atoms with E-state index in [-0.39, 0.29) is 0 Å². The van der Waals surface area contributed by atoms with Crippen LogP contribution in [0.25, 0.3) is 99.3 Å². The Hall–Kier alpha value is -6.92. The van der Waals surface area contributed by atoms with Gasteiger partial charge in [-0.2, -0.15) is 0 Å². The van der Waals surface area contributed by atoms with Crippen molar-refractivity contribution in [2.75, 3.05) is 0 Å². The first-order valence-electron chi connectivity index (χ1n) is 16.8.